The first kappa shape index (κ1) is 11.9. The normalized spacial score (nSPS) is 35.3. The van der Waals surface area contributed by atoms with Crippen LogP contribution in [0.4, 0.5) is 0 Å². The van der Waals surface area contributed by atoms with E-state index in [4.69, 9.17) is 5.11 Å². The van der Waals surface area contributed by atoms with E-state index in [1.807, 2.05) is 0 Å². The Balaban J connectivity index is 2.01. The Bertz CT molecular complexity index is 258. The average Bonchev–Trinajstić information content (AvgIpc) is 2.59. The van der Waals surface area contributed by atoms with E-state index < -0.39 is 5.97 Å². The number of hydrogen-bond acceptors (Lipinski definition) is 3. The standard InChI is InChI=1S/C12H22N2O2/c1-3-14(8(2)12(15)16)11-6-9-4-5-10(7-11)13-9/h8-11,13H,3-7H2,1-2H3,(H,15,16). The molecule has 0 aromatic rings. The van der Waals surface area contributed by atoms with E-state index in [1.54, 1.807) is 6.92 Å². The molecule has 92 valence electrons. The highest BCUT2D eigenvalue weighted by Crippen LogP contribution is 2.30. The molecule has 2 aliphatic rings. The molecule has 2 aliphatic heterocycles. The Hall–Kier alpha value is -0.610. The van der Waals surface area contributed by atoms with E-state index in [0.29, 0.717) is 18.1 Å². The van der Waals surface area contributed by atoms with Gasteiger partial charge in [0, 0.05) is 18.1 Å². The van der Waals surface area contributed by atoms with E-state index in [9.17, 15) is 4.79 Å². The van der Waals surface area contributed by atoms with Gasteiger partial charge in [-0.15, -0.1) is 0 Å². The third-order valence-electron chi connectivity index (χ3n) is 4.14. The molecule has 0 aromatic heterocycles. The maximum atomic E-state index is 11.1. The van der Waals surface area contributed by atoms with Gasteiger partial charge in [0.1, 0.15) is 6.04 Å². The van der Waals surface area contributed by atoms with Crippen molar-refractivity contribution in [1.82, 2.24) is 10.2 Å². The minimum atomic E-state index is -0.701. The smallest absolute Gasteiger partial charge is 0.320 e. The lowest BCUT2D eigenvalue weighted by molar-refractivity contribution is -0.143. The second-order valence-electron chi connectivity index (χ2n) is 5.11. The Morgan fingerprint density at radius 3 is 2.44 bits per heavy atom. The first-order chi connectivity index (χ1) is 7.61. The number of piperidine rings is 1. The van der Waals surface area contributed by atoms with Crippen molar-refractivity contribution in [2.75, 3.05) is 6.54 Å². The number of carboxylic acid groups (broad SMARTS) is 1. The summed E-state index contributed by atoms with van der Waals surface area (Å²) in [6.45, 7) is 4.69. The maximum absolute atomic E-state index is 11.1. The predicted octanol–water partition coefficient (Wildman–Crippen LogP) is 1.06. The van der Waals surface area contributed by atoms with Crippen LogP contribution in [0.15, 0.2) is 0 Å². The van der Waals surface area contributed by atoms with Crippen LogP contribution in [0.2, 0.25) is 0 Å². The molecule has 0 spiro atoms. The number of carboxylic acids is 1. The lowest BCUT2D eigenvalue weighted by Crippen LogP contribution is -2.52. The predicted molar refractivity (Wildman–Crippen MR) is 62.4 cm³/mol. The van der Waals surface area contributed by atoms with Gasteiger partial charge in [0.25, 0.3) is 0 Å². The zero-order chi connectivity index (χ0) is 11.7. The summed E-state index contributed by atoms with van der Waals surface area (Å²) in [5.41, 5.74) is 0. The lowest BCUT2D eigenvalue weighted by atomic mass is 9.97. The fraction of sp³-hybridized carbons (Fsp3) is 0.917. The van der Waals surface area contributed by atoms with Crippen LogP contribution in [-0.2, 0) is 4.79 Å². The molecule has 2 N–H and O–H groups in total. The van der Waals surface area contributed by atoms with Crippen molar-refractivity contribution in [2.24, 2.45) is 0 Å². The Labute approximate surface area is 97.0 Å². The molecule has 2 bridgehead atoms. The number of nitrogens with one attached hydrogen (secondary N) is 1. The van der Waals surface area contributed by atoms with Crippen LogP contribution in [0, 0.1) is 0 Å². The molecule has 2 saturated heterocycles. The van der Waals surface area contributed by atoms with Gasteiger partial charge in [-0.1, -0.05) is 6.92 Å². The molecule has 0 aliphatic carbocycles. The molecule has 0 radical (unpaired) electrons. The topological polar surface area (TPSA) is 52.6 Å². The molecule has 4 heteroatoms. The number of carbonyl (C=O) groups is 1. The largest absolute Gasteiger partial charge is 0.480 e. The van der Waals surface area contributed by atoms with E-state index >= 15 is 0 Å². The molecule has 3 atom stereocenters. The van der Waals surface area contributed by atoms with Crippen LogP contribution in [-0.4, -0.2) is 46.7 Å². The summed E-state index contributed by atoms with van der Waals surface area (Å²) in [6.07, 6.45) is 4.75. The summed E-state index contributed by atoms with van der Waals surface area (Å²) in [6, 6.07) is 1.35. The molecular weight excluding hydrogens is 204 g/mol. The highest BCUT2D eigenvalue weighted by Gasteiger charge is 2.37. The second kappa shape index (κ2) is 4.72. The van der Waals surface area contributed by atoms with E-state index in [2.05, 4.69) is 17.1 Å². The number of likely N-dealkylation sites (N-methyl/N-ethyl adjacent to an activating group) is 1. The van der Waals surface area contributed by atoms with Gasteiger partial charge in [-0.05, 0) is 39.2 Å². The summed E-state index contributed by atoms with van der Waals surface area (Å²) >= 11 is 0. The molecule has 2 fully saturated rings. The van der Waals surface area contributed by atoms with Crippen molar-refractivity contribution in [1.29, 1.82) is 0 Å². The fourth-order valence-electron chi connectivity index (χ4n) is 3.29. The summed E-state index contributed by atoms with van der Waals surface area (Å²) in [4.78, 5) is 13.2. The third-order valence-corrected chi connectivity index (χ3v) is 4.14. The van der Waals surface area contributed by atoms with Crippen LogP contribution in [0.3, 0.4) is 0 Å². The Morgan fingerprint density at radius 2 is 2.00 bits per heavy atom. The minimum Gasteiger partial charge on any atom is -0.480 e. The summed E-state index contributed by atoms with van der Waals surface area (Å²) < 4.78 is 0. The first-order valence-electron chi connectivity index (χ1n) is 6.36. The zero-order valence-electron chi connectivity index (χ0n) is 10.1. The van der Waals surface area contributed by atoms with Gasteiger partial charge in [-0.3, -0.25) is 9.69 Å². The van der Waals surface area contributed by atoms with Gasteiger partial charge >= 0.3 is 5.97 Å². The molecule has 0 amide bonds. The van der Waals surface area contributed by atoms with Crippen LogP contribution < -0.4 is 5.32 Å². The number of fused-ring (bicyclic) bond motifs is 2. The molecule has 2 heterocycles. The quantitative estimate of drug-likeness (QED) is 0.753. The third kappa shape index (κ3) is 2.23. The van der Waals surface area contributed by atoms with Crippen molar-refractivity contribution in [3.05, 3.63) is 0 Å². The zero-order valence-corrected chi connectivity index (χ0v) is 10.1. The monoisotopic (exact) mass is 226 g/mol. The molecule has 4 nitrogen and oxygen atoms in total. The number of aliphatic carboxylic acids is 1. The van der Waals surface area contributed by atoms with Crippen molar-refractivity contribution in [2.45, 2.75) is 63.7 Å². The number of hydrogen-bond donors (Lipinski definition) is 2. The number of nitrogens with zero attached hydrogens (tertiary/aromatic N) is 1. The van der Waals surface area contributed by atoms with Gasteiger partial charge in [0.2, 0.25) is 0 Å². The van der Waals surface area contributed by atoms with E-state index in [0.717, 1.165) is 19.4 Å². The van der Waals surface area contributed by atoms with Crippen LogP contribution in [0.5, 0.6) is 0 Å². The van der Waals surface area contributed by atoms with Crippen molar-refractivity contribution < 1.29 is 9.90 Å². The molecule has 0 saturated carbocycles. The summed E-state index contributed by atoms with van der Waals surface area (Å²) in [7, 11) is 0. The van der Waals surface area contributed by atoms with E-state index in [1.165, 1.54) is 12.8 Å². The average molecular weight is 226 g/mol. The maximum Gasteiger partial charge on any atom is 0.320 e. The van der Waals surface area contributed by atoms with Crippen LogP contribution >= 0.6 is 0 Å². The fourth-order valence-corrected chi connectivity index (χ4v) is 3.29. The summed E-state index contributed by atoms with van der Waals surface area (Å²) in [5, 5.41) is 12.7. The van der Waals surface area contributed by atoms with Crippen LogP contribution in [0.1, 0.15) is 39.5 Å². The van der Waals surface area contributed by atoms with Gasteiger partial charge in [-0.25, -0.2) is 0 Å². The molecule has 2 rings (SSSR count). The molecular formula is C12H22N2O2. The molecule has 16 heavy (non-hydrogen) atoms. The van der Waals surface area contributed by atoms with Crippen molar-refractivity contribution >= 4 is 5.97 Å². The second-order valence-corrected chi connectivity index (χ2v) is 5.11. The minimum absolute atomic E-state index is 0.354. The first-order valence-corrected chi connectivity index (χ1v) is 6.36. The van der Waals surface area contributed by atoms with Gasteiger partial charge in [-0.2, -0.15) is 0 Å². The van der Waals surface area contributed by atoms with Crippen molar-refractivity contribution in [3.63, 3.8) is 0 Å². The van der Waals surface area contributed by atoms with Gasteiger partial charge < -0.3 is 10.4 Å². The lowest BCUT2D eigenvalue weighted by Gasteiger charge is -2.39. The highest BCUT2D eigenvalue weighted by molar-refractivity contribution is 5.72. The van der Waals surface area contributed by atoms with Gasteiger partial charge in [0.05, 0.1) is 0 Å². The number of rotatable bonds is 4. The van der Waals surface area contributed by atoms with Crippen molar-refractivity contribution in [3.8, 4) is 0 Å². The SMILES string of the molecule is CCN(C1CC2CCC(C1)N2)C(C)C(=O)O. The highest BCUT2D eigenvalue weighted by atomic mass is 16.4. The van der Waals surface area contributed by atoms with E-state index in [-0.39, 0.29) is 6.04 Å². The Kier molecular flexibility index (Phi) is 3.50. The molecule has 0 aromatic carbocycles. The summed E-state index contributed by atoms with van der Waals surface area (Å²) in [5.74, 6) is -0.701. The van der Waals surface area contributed by atoms with Gasteiger partial charge in [0.15, 0.2) is 0 Å². The molecule has 3 unspecified atom stereocenters. The Morgan fingerprint density at radius 1 is 1.44 bits per heavy atom. The van der Waals surface area contributed by atoms with Crippen LogP contribution in [0.25, 0.3) is 0 Å².